The van der Waals surface area contributed by atoms with E-state index < -0.39 is 0 Å². The van der Waals surface area contributed by atoms with Crippen LogP contribution in [0.25, 0.3) is 0 Å². The van der Waals surface area contributed by atoms with Gasteiger partial charge in [0, 0.05) is 6.54 Å². The normalized spacial score (nSPS) is 17.8. The van der Waals surface area contributed by atoms with Gasteiger partial charge in [-0.15, -0.1) is 0 Å². The van der Waals surface area contributed by atoms with Crippen molar-refractivity contribution in [2.75, 3.05) is 6.54 Å². The summed E-state index contributed by atoms with van der Waals surface area (Å²) in [6, 6.07) is 9.10. The average molecular weight is 245 g/mol. The van der Waals surface area contributed by atoms with Gasteiger partial charge < -0.3 is 5.32 Å². The van der Waals surface area contributed by atoms with Crippen molar-refractivity contribution in [3.05, 3.63) is 35.4 Å². The fraction of sp³-hybridized carbons (Fsp3) is 0.647. The topological polar surface area (TPSA) is 12.0 Å². The summed E-state index contributed by atoms with van der Waals surface area (Å²) in [5.41, 5.74) is 3.36. The molecule has 0 aromatic heterocycles. The van der Waals surface area contributed by atoms with Crippen LogP contribution in [-0.2, 0) is 6.54 Å². The first-order chi connectivity index (χ1) is 8.47. The Labute approximate surface area is 112 Å². The molecule has 1 aliphatic carbocycles. The summed E-state index contributed by atoms with van der Waals surface area (Å²) in [6.45, 7) is 11.4. The zero-order chi connectivity index (χ0) is 13.2. The number of rotatable bonds is 5. The average Bonchev–Trinajstić information content (AvgIpc) is 3.12. The van der Waals surface area contributed by atoms with E-state index in [0.29, 0.717) is 11.3 Å². The monoisotopic (exact) mass is 245 g/mol. The zero-order valence-electron chi connectivity index (χ0n) is 12.3. The lowest BCUT2D eigenvalue weighted by molar-refractivity contribution is 0.252. The molecule has 1 atom stereocenters. The van der Waals surface area contributed by atoms with Crippen molar-refractivity contribution in [1.29, 1.82) is 0 Å². The van der Waals surface area contributed by atoms with Crippen LogP contribution in [-0.4, -0.2) is 6.54 Å². The summed E-state index contributed by atoms with van der Waals surface area (Å²) in [4.78, 5) is 0. The van der Waals surface area contributed by atoms with Crippen LogP contribution in [0.5, 0.6) is 0 Å². The molecule has 1 heteroatoms. The van der Waals surface area contributed by atoms with Gasteiger partial charge in [0.1, 0.15) is 0 Å². The first kappa shape index (κ1) is 13.6. The first-order valence-corrected chi connectivity index (χ1v) is 7.26. The van der Waals surface area contributed by atoms with E-state index in [1.54, 1.807) is 0 Å². The second-order valence-electron chi connectivity index (χ2n) is 6.92. The van der Waals surface area contributed by atoms with Crippen LogP contribution in [0, 0.1) is 11.3 Å². The minimum absolute atomic E-state index is 0.392. The van der Waals surface area contributed by atoms with Gasteiger partial charge in [-0.2, -0.15) is 0 Å². The fourth-order valence-corrected chi connectivity index (χ4v) is 2.11. The van der Waals surface area contributed by atoms with Crippen LogP contribution in [0.2, 0.25) is 0 Å². The Morgan fingerprint density at radius 1 is 1.28 bits per heavy atom. The second-order valence-corrected chi connectivity index (χ2v) is 6.92. The lowest BCUT2D eigenvalue weighted by Gasteiger charge is -2.27. The highest BCUT2D eigenvalue weighted by atomic mass is 14.9. The minimum atomic E-state index is 0.392. The van der Waals surface area contributed by atoms with Crippen molar-refractivity contribution in [3.8, 4) is 0 Å². The van der Waals surface area contributed by atoms with Crippen LogP contribution in [0.1, 0.15) is 57.6 Å². The van der Waals surface area contributed by atoms with Gasteiger partial charge in [0.2, 0.25) is 0 Å². The van der Waals surface area contributed by atoms with E-state index in [1.165, 1.54) is 24.0 Å². The van der Waals surface area contributed by atoms with E-state index in [1.807, 2.05) is 0 Å². The highest BCUT2D eigenvalue weighted by molar-refractivity contribution is 5.29. The van der Waals surface area contributed by atoms with Crippen molar-refractivity contribution in [2.24, 2.45) is 11.3 Å². The number of benzene rings is 1. The molecule has 0 amide bonds. The standard InChI is InChI=1S/C17H27N/c1-13(17(2,3)4)11-18-12-14-6-5-7-16(10-14)15-8-9-15/h5-7,10,13,15,18H,8-9,11-12H2,1-4H3. The number of nitrogens with one attached hydrogen (secondary N) is 1. The first-order valence-electron chi connectivity index (χ1n) is 7.26. The van der Waals surface area contributed by atoms with Gasteiger partial charge in [-0.05, 0) is 47.8 Å². The Hall–Kier alpha value is -0.820. The molecule has 1 aromatic rings. The van der Waals surface area contributed by atoms with Crippen molar-refractivity contribution in [2.45, 2.75) is 53.0 Å². The molecule has 100 valence electrons. The van der Waals surface area contributed by atoms with Gasteiger partial charge in [-0.25, -0.2) is 0 Å². The van der Waals surface area contributed by atoms with E-state index in [2.05, 4.69) is 57.3 Å². The molecule has 0 saturated heterocycles. The molecule has 1 saturated carbocycles. The van der Waals surface area contributed by atoms with Crippen LogP contribution in [0.15, 0.2) is 24.3 Å². The molecule has 1 aliphatic rings. The summed E-state index contributed by atoms with van der Waals surface area (Å²) in [5, 5.41) is 3.59. The smallest absolute Gasteiger partial charge is 0.0205 e. The minimum Gasteiger partial charge on any atom is -0.312 e. The maximum Gasteiger partial charge on any atom is 0.0205 e. The van der Waals surface area contributed by atoms with Gasteiger partial charge in [0.05, 0.1) is 0 Å². The highest BCUT2D eigenvalue weighted by Gasteiger charge is 2.23. The molecule has 1 nitrogen and oxygen atoms in total. The fourth-order valence-electron chi connectivity index (χ4n) is 2.11. The van der Waals surface area contributed by atoms with Crippen molar-refractivity contribution in [3.63, 3.8) is 0 Å². The Bertz CT molecular complexity index is 385. The predicted molar refractivity (Wildman–Crippen MR) is 78.7 cm³/mol. The Morgan fingerprint density at radius 3 is 2.61 bits per heavy atom. The summed E-state index contributed by atoms with van der Waals surface area (Å²) in [6.07, 6.45) is 2.77. The molecule has 1 fully saturated rings. The van der Waals surface area contributed by atoms with Crippen LogP contribution < -0.4 is 5.32 Å². The third kappa shape index (κ3) is 3.84. The van der Waals surface area contributed by atoms with Crippen molar-refractivity contribution in [1.82, 2.24) is 5.32 Å². The third-order valence-corrected chi connectivity index (χ3v) is 4.26. The molecule has 0 radical (unpaired) electrons. The van der Waals surface area contributed by atoms with Crippen LogP contribution >= 0.6 is 0 Å². The molecule has 0 bridgehead atoms. The molecule has 0 heterocycles. The molecule has 1 aromatic carbocycles. The van der Waals surface area contributed by atoms with Crippen LogP contribution in [0.4, 0.5) is 0 Å². The van der Waals surface area contributed by atoms with E-state index in [9.17, 15) is 0 Å². The number of hydrogen-bond donors (Lipinski definition) is 1. The highest BCUT2D eigenvalue weighted by Crippen LogP contribution is 2.40. The van der Waals surface area contributed by atoms with E-state index >= 15 is 0 Å². The largest absolute Gasteiger partial charge is 0.312 e. The summed E-state index contributed by atoms with van der Waals surface area (Å²) < 4.78 is 0. The maximum atomic E-state index is 3.59. The molecule has 2 rings (SSSR count). The van der Waals surface area contributed by atoms with E-state index in [0.717, 1.165) is 19.0 Å². The second kappa shape index (κ2) is 5.44. The van der Waals surface area contributed by atoms with Gasteiger partial charge in [0.15, 0.2) is 0 Å². The number of hydrogen-bond acceptors (Lipinski definition) is 1. The molecule has 0 spiro atoms. The molecule has 0 aliphatic heterocycles. The lowest BCUT2D eigenvalue weighted by Crippen LogP contribution is -2.29. The van der Waals surface area contributed by atoms with E-state index in [-0.39, 0.29) is 0 Å². The predicted octanol–water partition coefficient (Wildman–Crippen LogP) is 4.34. The lowest BCUT2D eigenvalue weighted by atomic mass is 9.82. The zero-order valence-corrected chi connectivity index (χ0v) is 12.3. The third-order valence-electron chi connectivity index (χ3n) is 4.26. The quantitative estimate of drug-likeness (QED) is 0.814. The molecular weight excluding hydrogens is 218 g/mol. The molecule has 1 unspecified atom stereocenters. The van der Waals surface area contributed by atoms with Crippen molar-refractivity contribution < 1.29 is 0 Å². The SMILES string of the molecule is CC(CNCc1cccc(C2CC2)c1)C(C)(C)C. The summed E-state index contributed by atoms with van der Waals surface area (Å²) in [5.74, 6) is 1.56. The van der Waals surface area contributed by atoms with Gasteiger partial charge in [-0.3, -0.25) is 0 Å². The van der Waals surface area contributed by atoms with Crippen molar-refractivity contribution >= 4 is 0 Å². The Morgan fingerprint density at radius 2 is 2.00 bits per heavy atom. The van der Waals surface area contributed by atoms with Gasteiger partial charge in [0.25, 0.3) is 0 Å². The Balaban J connectivity index is 1.81. The summed E-state index contributed by atoms with van der Waals surface area (Å²) >= 11 is 0. The van der Waals surface area contributed by atoms with E-state index in [4.69, 9.17) is 0 Å². The molecule has 18 heavy (non-hydrogen) atoms. The maximum absolute atomic E-state index is 3.59. The van der Waals surface area contributed by atoms with Gasteiger partial charge in [-0.1, -0.05) is 52.0 Å². The van der Waals surface area contributed by atoms with Crippen LogP contribution in [0.3, 0.4) is 0 Å². The Kier molecular flexibility index (Phi) is 4.11. The van der Waals surface area contributed by atoms with Gasteiger partial charge >= 0.3 is 0 Å². The summed E-state index contributed by atoms with van der Waals surface area (Å²) in [7, 11) is 0. The molecular formula is C17H27N. The molecule has 1 N–H and O–H groups in total.